The number of benzene rings is 2. The lowest BCUT2D eigenvalue weighted by molar-refractivity contribution is 0.886. The molecule has 4 aromatic rings. The van der Waals surface area contributed by atoms with Gasteiger partial charge in [-0.2, -0.15) is 0 Å². The average Bonchev–Trinajstić information content (AvgIpc) is 3.27. The van der Waals surface area contributed by atoms with Crippen LogP contribution in [0.25, 0.3) is 16.4 Å². The first-order chi connectivity index (χ1) is 12.7. The Bertz CT molecular complexity index is 1030. The zero-order chi connectivity index (χ0) is 17.9. The van der Waals surface area contributed by atoms with E-state index in [0.29, 0.717) is 5.75 Å². The van der Waals surface area contributed by atoms with E-state index in [2.05, 4.69) is 19.8 Å². The van der Waals surface area contributed by atoms with Crippen molar-refractivity contribution < 1.29 is 0 Å². The van der Waals surface area contributed by atoms with Crippen LogP contribution >= 0.6 is 34.9 Å². The Morgan fingerprint density at radius 3 is 2.50 bits per heavy atom. The molecule has 2 aromatic heterocycles. The quantitative estimate of drug-likeness (QED) is 0.440. The number of aryl methyl sites for hydroxylation is 1. The predicted octanol–water partition coefficient (Wildman–Crippen LogP) is 5.04. The van der Waals surface area contributed by atoms with E-state index in [1.54, 1.807) is 11.8 Å². The van der Waals surface area contributed by atoms with Crippen LogP contribution in [0.5, 0.6) is 0 Å². The van der Waals surface area contributed by atoms with Gasteiger partial charge in [-0.05, 0) is 42.2 Å². The summed E-state index contributed by atoms with van der Waals surface area (Å²) in [5.74, 6) is 1.47. The zero-order valence-electron chi connectivity index (χ0n) is 13.8. The number of hydrogen-bond donors (Lipinski definition) is 0. The third-order valence-corrected chi connectivity index (χ3v) is 5.99. The maximum Gasteiger partial charge on any atom is 0.196 e. The molecule has 130 valence electrons. The van der Waals surface area contributed by atoms with Crippen LogP contribution in [0, 0.1) is 6.92 Å². The molecule has 0 unspecified atom stereocenters. The van der Waals surface area contributed by atoms with Gasteiger partial charge in [-0.25, -0.2) is 0 Å². The summed E-state index contributed by atoms with van der Waals surface area (Å²) in [5.41, 5.74) is 2.92. The van der Waals surface area contributed by atoms with Crippen molar-refractivity contribution in [2.45, 2.75) is 17.8 Å². The molecular formula is C18H14ClN5S2. The van der Waals surface area contributed by atoms with Gasteiger partial charge < -0.3 is 0 Å². The van der Waals surface area contributed by atoms with E-state index in [1.807, 2.05) is 66.1 Å². The first-order valence-corrected chi connectivity index (χ1v) is 10.0. The molecule has 0 aliphatic heterocycles. The standard InChI is InChI=1S/C18H14ClN5S2/c1-12-16(26-23-20-12)17-21-22-18(24(17)14-8-3-2-4-9-14)25-11-13-7-5-6-10-15(13)19/h2-10H,11H2,1H3. The highest BCUT2D eigenvalue weighted by Gasteiger charge is 2.20. The molecule has 0 amide bonds. The van der Waals surface area contributed by atoms with Gasteiger partial charge in [0.2, 0.25) is 0 Å². The van der Waals surface area contributed by atoms with Crippen molar-refractivity contribution in [3.05, 3.63) is 70.9 Å². The molecule has 0 saturated carbocycles. The van der Waals surface area contributed by atoms with Gasteiger partial charge in [-0.1, -0.05) is 64.2 Å². The van der Waals surface area contributed by atoms with Crippen molar-refractivity contribution in [3.8, 4) is 16.4 Å². The second kappa shape index (κ2) is 7.57. The molecule has 0 saturated heterocycles. The fourth-order valence-electron chi connectivity index (χ4n) is 2.51. The molecular weight excluding hydrogens is 386 g/mol. The number of nitrogens with zero attached hydrogens (tertiary/aromatic N) is 5. The summed E-state index contributed by atoms with van der Waals surface area (Å²) < 4.78 is 6.08. The average molecular weight is 400 g/mol. The van der Waals surface area contributed by atoms with E-state index in [-0.39, 0.29) is 0 Å². The Morgan fingerprint density at radius 1 is 1.00 bits per heavy atom. The molecule has 0 aliphatic rings. The fourth-order valence-corrected chi connectivity index (χ4v) is 4.38. The summed E-state index contributed by atoms with van der Waals surface area (Å²) in [6.45, 7) is 1.93. The third-order valence-electron chi connectivity index (χ3n) is 3.82. The molecule has 0 bridgehead atoms. The molecule has 5 nitrogen and oxygen atoms in total. The van der Waals surface area contributed by atoms with Gasteiger partial charge in [0.25, 0.3) is 0 Å². The summed E-state index contributed by atoms with van der Waals surface area (Å²) in [5, 5.41) is 14.5. The first kappa shape index (κ1) is 17.2. The van der Waals surface area contributed by atoms with E-state index >= 15 is 0 Å². The molecule has 0 radical (unpaired) electrons. The Morgan fingerprint density at radius 2 is 1.77 bits per heavy atom. The van der Waals surface area contributed by atoms with Gasteiger partial charge >= 0.3 is 0 Å². The van der Waals surface area contributed by atoms with E-state index in [1.165, 1.54) is 11.5 Å². The number of halogens is 1. The highest BCUT2D eigenvalue weighted by atomic mass is 35.5. The third kappa shape index (κ3) is 3.38. The zero-order valence-corrected chi connectivity index (χ0v) is 16.2. The first-order valence-electron chi connectivity index (χ1n) is 7.90. The lowest BCUT2D eigenvalue weighted by Crippen LogP contribution is -1.99. The number of para-hydroxylation sites is 1. The molecule has 26 heavy (non-hydrogen) atoms. The molecule has 8 heteroatoms. The maximum atomic E-state index is 6.28. The van der Waals surface area contributed by atoms with Crippen LogP contribution < -0.4 is 0 Å². The second-order valence-electron chi connectivity index (χ2n) is 5.54. The van der Waals surface area contributed by atoms with Gasteiger partial charge in [-0.3, -0.25) is 4.57 Å². The summed E-state index contributed by atoms with van der Waals surface area (Å²) in [7, 11) is 0. The molecule has 0 fully saturated rings. The van der Waals surface area contributed by atoms with Crippen LogP contribution in [0.4, 0.5) is 0 Å². The summed E-state index contributed by atoms with van der Waals surface area (Å²) in [6, 6.07) is 17.9. The smallest absolute Gasteiger partial charge is 0.196 e. The Kier molecular flexibility index (Phi) is 5.01. The maximum absolute atomic E-state index is 6.28. The van der Waals surface area contributed by atoms with Crippen LogP contribution in [0.15, 0.2) is 59.8 Å². The predicted molar refractivity (Wildman–Crippen MR) is 106 cm³/mol. The Balaban J connectivity index is 1.74. The molecule has 4 rings (SSSR count). The number of aromatic nitrogens is 5. The van der Waals surface area contributed by atoms with Crippen molar-refractivity contribution in [1.82, 2.24) is 24.4 Å². The van der Waals surface area contributed by atoms with Crippen molar-refractivity contribution in [2.24, 2.45) is 0 Å². The summed E-state index contributed by atoms with van der Waals surface area (Å²) in [4.78, 5) is 0.922. The highest BCUT2D eigenvalue weighted by molar-refractivity contribution is 7.98. The van der Waals surface area contributed by atoms with Crippen LogP contribution in [0.2, 0.25) is 5.02 Å². The van der Waals surface area contributed by atoms with Crippen LogP contribution in [0.3, 0.4) is 0 Å². The van der Waals surface area contributed by atoms with E-state index < -0.39 is 0 Å². The van der Waals surface area contributed by atoms with Crippen molar-refractivity contribution in [2.75, 3.05) is 0 Å². The Hall–Kier alpha value is -2.22. The number of thioether (sulfide) groups is 1. The van der Waals surface area contributed by atoms with Crippen LogP contribution in [0.1, 0.15) is 11.3 Å². The molecule has 0 atom stereocenters. The minimum absolute atomic E-state index is 0.713. The number of hydrogen-bond acceptors (Lipinski definition) is 6. The van der Waals surface area contributed by atoms with Crippen molar-refractivity contribution in [3.63, 3.8) is 0 Å². The summed E-state index contributed by atoms with van der Waals surface area (Å²) >= 11 is 9.21. The monoisotopic (exact) mass is 399 g/mol. The minimum atomic E-state index is 0.713. The largest absolute Gasteiger partial charge is 0.269 e. The Labute approximate surface area is 164 Å². The second-order valence-corrected chi connectivity index (χ2v) is 7.65. The van der Waals surface area contributed by atoms with Gasteiger partial charge in [0.15, 0.2) is 11.0 Å². The normalized spacial score (nSPS) is 11.0. The lowest BCUT2D eigenvalue weighted by atomic mass is 10.2. The van der Waals surface area contributed by atoms with Gasteiger partial charge in [0, 0.05) is 16.5 Å². The molecule has 0 aliphatic carbocycles. The van der Waals surface area contributed by atoms with Crippen molar-refractivity contribution in [1.29, 1.82) is 0 Å². The molecule has 0 N–H and O–H groups in total. The van der Waals surface area contributed by atoms with Crippen molar-refractivity contribution >= 4 is 34.9 Å². The lowest BCUT2D eigenvalue weighted by Gasteiger charge is -2.10. The number of rotatable bonds is 5. The topological polar surface area (TPSA) is 56.5 Å². The fraction of sp³-hybridized carbons (Fsp3) is 0.111. The highest BCUT2D eigenvalue weighted by Crippen LogP contribution is 2.33. The van der Waals surface area contributed by atoms with Gasteiger partial charge in [-0.15, -0.1) is 15.3 Å². The molecule has 2 aromatic carbocycles. The van der Waals surface area contributed by atoms with Crippen LogP contribution in [-0.2, 0) is 5.75 Å². The van der Waals surface area contributed by atoms with Crippen LogP contribution in [-0.4, -0.2) is 24.4 Å². The molecule has 2 heterocycles. The van der Waals surface area contributed by atoms with E-state index in [9.17, 15) is 0 Å². The summed E-state index contributed by atoms with van der Waals surface area (Å²) in [6.07, 6.45) is 0. The van der Waals surface area contributed by atoms with E-state index in [4.69, 9.17) is 11.6 Å². The van der Waals surface area contributed by atoms with Gasteiger partial charge in [0.05, 0.1) is 5.69 Å². The molecule has 0 spiro atoms. The van der Waals surface area contributed by atoms with Gasteiger partial charge in [0.1, 0.15) is 4.88 Å². The minimum Gasteiger partial charge on any atom is -0.269 e. The van der Waals surface area contributed by atoms with E-state index in [0.717, 1.165) is 37.8 Å². The SMILES string of the molecule is Cc1nnsc1-c1nnc(SCc2ccccc2Cl)n1-c1ccccc1.